The number of rotatable bonds is 5. The molecule has 2 atom stereocenters. The summed E-state index contributed by atoms with van der Waals surface area (Å²) in [6.45, 7) is 6.56. The molecule has 24 heavy (non-hydrogen) atoms. The monoisotopic (exact) mass is 401 g/mol. The number of ether oxygens (including phenoxy) is 2. The van der Waals surface area contributed by atoms with Crippen LogP contribution in [0, 0.1) is 0 Å². The second-order valence-electron chi connectivity index (χ2n) is 6.33. The molecule has 2 N–H and O–H groups in total. The van der Waals surface area contributed by atoms with Crippen molar-refractivity contribution in [2.75, 3.05) is 64.1 Å². The van der Waals surface area contributed by atoms with Crippen LogP contribution in [0.15, 0.2) is 0 Å². The van der Waals surface area contributed by atoms with E-state index < -0.39 is 0 Å². The Morgan fingerprint density at radius 1 is 1.25 bits per heavy atom. The van der Waals surface area contributed by atoms with E-state index in [-0.39, 0.29) is 42.3 Å². The summed E-state index contributed by atoms with van der Waals surface area (Å²) in [7, 11) is 0. The van der Waals surface area contributed by atoms with Gasteiger partial charge in [0.15, 0.2) is 0 Å². The highest BCUT2D eigenvalue weighted by Crippen LogP contribution is 2.33. The fraction of sp³-hybridized carbons (Fsp3) is 0.933. The number of amides is 1. The minimum atomic E-state index is 0. The Kier molecular flexibility index (Phi) is 10.3. The lowest BCUT2D eigenvalue weighted by Gasteiger charge is -2.43. The Morgan fingerprint density at radius 3 is 2.67 bits per heavy atom. The number of nitrogens with one attached hydrogen (secondary N) is 2. The predicted molar refractivity (Wildman–Crippen MR) is 102 cm³/mol. The van der Waals surface area contributed by atoms with Crippen LogP contribution < -0.4 is 10.6 Å². The molecular formula is C15H29Cl2N3O3S. The molecular weight excluding hydrogens is 373 g/mol. The fourth-order valence-electron chi connectivity index (χ4n) is 3.44. The lowest BCUT2D eigenvalue weighted by molar-refractivity contribution is -0.123. The zero-order chi connectivity index (χ0) is 15.3. The fourth-order valence-corrected chi connectivity index (χ4v) is 4.92. The van der Waals surface area contributed by atoms with Crippen LogP contribution in [0.5, 0.6) is 0 Å². The summed E-state index contributed by atoms with van der Waals surface area (Å²) >= 11 is 2.00. The van der Waals surface area contributed by atoms with Crippen molar-refractivity contribution >= 4 is 42.5 Å². The van der Waals surface area contributed by atoms with Crippen LogP contribution in [0.25, 0.3) is 0 Å². The molecule has 3 saturated heterocycles. The van der Waals surface area contributed by atoms with Crippen LogP contribution in [-0.4, -0.2) is 86.5 Å². The van der Waals surface area contributed by atoms with Gasteiger partial charge in [-0.05, 0) is 12.2 Å². The number of hydrogen-bond acceptors (Lipinski definition) is 6. The Balaban J connectivity index is 0.00000144. The maximum atomic E-state index is 12.2. The number of thioether (sulfide) groups is 1. The van der Waals surface area contributed by atoms with E-state index in [0.717, 1.165) is 58.2 Å². The molecule has 3 heterocycles. The summed E-state index contributed by atoms with van der Waals surface area (Å²) in [6.07, 6.45) is 1.66. The summed E-state index contributed by atoms with van der Waals surface area (Å²) in [4.78, 5) is 14.8. The van der Waals surface area contributed by atoms with Gasteiger partial charge in [-0.2, -0.15) is 11.8 Å². The van der Waals surface area contributed by atoms with Crippen molar-refractivity contribution in [3.63, 3.8) is 0 Å². The number of carbonyl (C=O) groups excluding carboxylic acids is 1. The molecule has 1 amide bonds. The van der Waals surface area contributed by atoms with Gasteiger partial charge in [0, 0.05) is 49.9 Å². The maximum absolute atomic E-state index is 12.2. The van der Waals surface area contributed by atoms with Gasteiger partial charge in [0.1, 0.15) is 0 Å². The average Bonchev–Trinajstić information content (AvgIpc) is 3.05. The molecule has 9 heteroatoms. The van der Waals surface area contributed by atoms with Crippen LogP contribution in [0.4, 0.5) is 0 Å². The third-order valence-corrected chi connectivity index (χ3v) is 6.04. The van der Waals surface area contributed by atoms with Crippen molar-refractivity contribution in [3.8, 4) is 0 Å². The molecule has 0 saturated carbocycles. The molecule has 6 nitrogen and oxygen atoms in total. The molecule has 0 spiro atoms. The average molecular weight is 402 g/mol. The minimum absolute atomic E-state index is 0. The third-order valence-electron chi connectivity index (χ3n) is 4.81. The molecule has 3 aliphatic heterocycles. The predicted octanol–water partition coefficient (Wildman–Crippen LogP) is 0.533. The van der Waals surface area contributed by atoms with Crippen molar-refractivity contribution in [1.82, 2.24) is 15.5 Å². The molecule has 0 aliphatic carbocycles. The first-order valence-electron chi connectivity index (χ1n) is 8.27. The zero-order valence-electron chi connectivity index (χ0n) is 14.0. The van der Waals surface area contributed by atoms with Gasteiger partial charge in [-0.15, -0.1) is 24.8 Å². The number of halogens is 2. The van der Waals surface area contributed by atoms with E-state index in [0.29, 0.717) is 13.0 Å². The first-order chi connectivity index (χ1) is 10.8. The molecule has 3 aliphatic rings. The molecule has 0 bridgehead atoms. The highest BCUT2D eigenvalue weighted by atomic mass is 35.5. The first-order valence-corrected chi connectivity index (χ1v) is 9.42. The maximum Gasteiger partial charge on any atom is 0.221 e. The van der Waals surface area contributed by atoms with E-state index in [1.165, 1.54) is 5.75 Å². The SMILES string of the molecule is Cl.Cl.O=C(CC1COCCN1)NCC1(N2CCOCC2)CCSC1. The smallest absolute Gasteiger partial charge is 0.221 e. The van der Waals surface area contributed by atoms with E-state index in [1.807, 2.05) is 11.8 Å². The van der Waals surface area contributed by atoms with Crippen molar-refractivity contribution in [3.05, 3.63) is 0 Å². The number of nitrogens with zero attached hydrogens (tertiary/aromatic N) is 1. The van der Waals surface area contributed by atoms with Gasteiger partial charge in [0.25, 0.3) is 0 Å². The second-order valence-corrected chi connectivity index (χ2v) is 7.44. The largest absolute Gasteiger partial charge is 0.379 e. The second kappa shape index (κ2) is 11.1. The quantitative estimate of drug-likeness (QED) is 0.700. The molecule has 3 fully saturated rings. The summed E-state index contributed by atoms with van der Waals surface area (Å²) in [5.74, 6) is 2.43. The topological polar surface area (TPSA) is 62.8 Å². The normalized spacial score (nSPS) is 30.9. The van der Waals surface area contributed by atoms with Gasteiger partial charge in [-0.1, -0.05) is 0 Å². The lowest BCUT2D eigenvalue weighted by atomic mass is 9.95. The van der Waals surface area contributed by atoms with E-state index >= 15 is 0 Å². The van der Waals surface area contributed by atoms with Crippen molar-refractivity contribution < 1.29 is 14.3 Å². The van der Waals surface area contributed by atoms with Gasteiger partial charge in [-0.25, -0.2) is 0 Å². The number of hydrogen-bond donors (Lipinski definition) is 2. The van der Waals surface area contributed by atoms with Crippen LogP contribution in [0.2, 0.25) is 0 Å². The van der Waals surface area contributed by atoms with Crippen LogP contribution >= 0.6 is 36.6 Å². The Bertz CT molecular complexity index is 375. The minimum Gasteiger partial charge on any atom is -0.379 e. The zero-order valence-corrected chi connectivity index (χ0v) is 16.4. The highest BCUT2D eigenvalue weighted by molar-refractivity contribution is 7.99. The standard InChI is InChI=1S/C15H27N3O3S.2ClH/c19-14(9-13-10-21-5-2-16-13)17-11-15(1-8-22-12-15)18-3-6-20-7-4-18;;/h13,16H,1-12H2,(H,17,19);2*1H. The lowest BCUT2D eigenvalue weighted by Crippen LogP contribution is -2.59. The van der Waals surface area contributed by atoms with Crippen molar-refractivity contribution in [2.45, 2.75) is 24.4 Å². The first kappa shape index (κ1) is 22.3. The highest BCUT2D eigenvalue weighted by Gasteiger charge is 2.40. The van der Waals surface area contributed by atoms with Gasteiger partial charge in [-0.3, -0.25) is 9.69 Å². The summed E-state index contributed by atoms with van der Waals surface area (Å²) in [5.41, 5.74) is 0.126. The Morgan fingerprint density at radius 2 is 2.04 bits per heavy atom. The van der Waals surface area contributed by atoms with E-state index in [4.69, 9.17) is 9.47 Å². The molecule has 0 radical (unpaired) electrons. The number of carbonyl (C=O) groups is 1. The molecule has 0 aromatic rings. The summed E-state index contributed by atoms with van der Waals surface area (Å²) < 4.78 is 10.9. The van der Waals surface area contributed by atoms with Gasteiger partial charge < -0.3 is 20.1 Å². The van der Waals surface area contributed by atoms with Crippen LogP contribution in [0.3, 0.4) is 0 Å². The van der Waals surface area contributed by atoms with Gasteiger partial charge >= 0.3 is 0 Å². The number of morpholine rings is 2. The van der Waals surface area contributed by atoms with Crippen molar-refractivity contribution in [2.24, 2.45) is 0 Å². The molecule has 0 aromatic heterocycles. The summed E-state index contributed by atoms with van der Waals surface area (Å²) in [5, 5.41) is 6.51. The van der Waals surface area contributed by atoms with Crippen LogP contribution in [-0.2, 0) is 14.3 Å². The third kappa shape index (κ3) is 5.90. The Labute approximate surface area is 161 Å². The Hall–Kier alpha value is 0.240. The molecule has 2 unspecified atom stereocenters. The van der Waals surface area contributed by atoms with E-state index in [9.17, 15) is 4.79 Å². The molecule has 0 aromatic carbocycles. The van der Waals surface area contributed by atoms with Gasteiger partial charge in [0.05, 0.1) is 26.4 Å². The van der Waals surface area contributed by atoms with Gasteiger partial charge in [0.2, 0.25) is 5.91 Å². The molecule has 142 valence electrons. The van der Waals surface area contributed by atoms with Crippen LogP contribution in [0.1, 0.15) is 12.8 Å². The van der Waals surface area contributed by atoms with E-state index in [2.05, 4.69) is 15.5 Å². The van der Waals surface area contributed by atoms with Crippen molar-refractivity contribution in [1.29, 1.82) is 0 Å². The molecule has 3 rings (SSSR count). The van der Waals surface area contributed by atoms with E-state index in [1.54, 1.807) is 0 Å². The summed E-state index contributed by atoms with van der Waals surface area (Å²) in [6, 6.07) is 0.158.